The molecule has 5 heteroatoms. The lowest BCUT2D eigenvalue weighted by Crippen LogP contribution is -2.41. The van der Waals surface area contributed by atoms with Gasteiger partial charge in [0.2, 0.25) is 12.7 Å². The highest BCUT2D eigenvalue weighted by Gasteiger charge is 2.45. The van der Waals surface area contributed by atoms with Crippen LogP contribution < -0.4 is 14.8 Å². The zero-order chi connectivity index (χ0) is 15.9. The van der Waals surface area contributed by atoms with Crippen molar-refractivity contribution in [1.82, 2.24) is 10.2 Å². The maximum Gasteiger partial charge on any atom is 0.234 e. The first-order chi connectivity index (χ1) is 11.2. The first-order valence-electron chi connectivity index (χ1n) is 8.57. The molecular formula is C18H24N2O3. The fourth-order valence-corrected chi connectivity index (χ4v) is 3.68. The van der Waals surface area contributed by atoms with E-state index in [1.807, 2.05) is 6.07 Å². The summed E-state index contributed by atoms with van der Waals surface area (Å²) in [5, 5.41) is 3.15. The summed E-state index contributed by atoms with van der Waals surface area (Å²) in [6, 6.07) is 6.69. The molecule has 0 bridgehead atoms. The molecule has 23 heavy (non-hydrogen) atoms. The number of rotatable bonds is 5. The maximum atomic E-state index is 12.2. The Morgan fingerprint density at radius 1 is 1.35 bits per heavy atom. The molecule has 5 nitrogen and oxygen atoms in total. The van der Waals surface area contributed by atoms with E-state index in [1.54, 1.807) is 0 Å². The van der Waals surface area contributed by atoms with Gasteiger partial charge in [0, 0.05) is 18.0 Å². The van der Waals surface area contributed by atoms with E-state index in [0.717, 1.165) is 30.9 Å². The fourth-order valence-electron chi connectivity index (χ4n) is 3.68. The molecule has 0 radical (unpaired) electrons. The minimum absolute atomic E-state index is 0.0905. The van der Waals surface area contributed by atoms with Crippen LogP contribution >= 0.6 is 0 Å². The molecule has 0 unspecified atom stereocenters. The summed E-state index contributed by atoms with van der Waals surface area (Å²) in [6.45, 7) is 4.79. The molecule has 0 spiro atoms. The van der Waals surface area contributed by atoms with E-state index in [1.165, 1.54) is 18.4 Å². The normalized spacial score (nSPS) is 24.7. The van der Waals surface area contributed by atoms with Crippen LogP contribution in [-0.2, 0) is 10.2 Å². The van der Waals surface area contributed by atoms with Crippen LogP contribution in [0, 0.1) is 0 Å². The van der Waals surface area contributed by atoms with E-state index >= 15 is 0 Å². The Hall–Kier alpha value is -1.75. The van der Waals surface area contributed by atoms with Crippen molar-refractivity contribution in [3.8, 4) is 11.5 Å². The molecule has 2 fully saturated rings. The van der Waals surface area contributed by atoms with E-state index in [0.29, 0.717) is 25.9 Å². The molecule has 1 saturated carbocycles. The molecule has 4 rings (SSSR count). The van der Waals surface area contributed by atoms with Crippen molar-refractivity contribution in [1.29, 1.82) is 0 Å². The van der Waals surface area contributed by atoms with Gasteiger partial charge in [-0.3, -0.25) is 9.69 Å². The Kier molecular flexibility index (Phi) is 3.68. The minimum Gasteiger partial charge on any atom is -0.454 e. The summed E-state index contributed by atoms with van der Waals surface area (Å²) < 4.78 is 10.8. The number of nitrogens with one attached hydrogen (secondary N) is 1. The van der Waals surface area contributed by atoms with Crippen LogP contribution in [0.15, 0.2) is 18.2 Å². The summed E-state index contributed by atoms with van der Waals surface area (Å²) in [4.78, 5) is 14.5. The molecule has 2 heterocycles. The Morgan fingerprint density at radius 3 is 2.91 bits per heavy atom. The van der Waals surface area contributed by atoms with Gasteiger partial charge in [-0.1, -0.05) is 6.07 Å². The van der Waals surface area contributed by atoms with Gasteiger partial charge >= 0.3 is 0 Å². The number of ether oxygens (including phenoxy) is 2. The number of nitrogens with zero attached hydrogens (tertiary/aromatic N) is 1. The van der Waals surface area contributed by atoms with Gasteiger partial charge in [-0.2, -0.15) is 0 Å². The first kappa shape index (κ1) is 14.8. The summed E-state index contributed by atoms with van der Waals surface area (Å²) in [6.07, 6.45) is 4.64. The summed E-state index contributed by atoms with van der Waals surface area (Å²) in [5.74, 6) is 1.79. The van der Waals surface area contributed by atoms with Crippen molar-refractivity contribution < 1.29 is 14.3 Å². The third-order valence-corrected chi connectivity index (χ3v) is 5.50. The van der Waals surface area contributed by atoms with Crippen LogP contribution in [0.1, 0.15) is 38.2 Å². The standard InChI is InChI=1S/C18H24N2O3/c1-13-3-2-8-20(13)10-17(21)19-11-18(6-7-18)14-4-5-15-16(9-14)23-12-22-15/h4-5,9,13H,2-3,6-8,10-12H2,1H3,(H,19,21)/t13-/m1/s1. The zero-order valence-corrected chi connectivity index (χ0v) is 13.6. The van der Waals surface area contributed by atoms with Gasteiger partial charge in [-0.25, -0.2) is 0 Å². The number of hydrogen-bond donors (Lipinski definition) is 1. The third-order valence-electron chi connectivity index (χ3n) is 5.50. The van der Waals surface area contributed by atoms with Gasteiger partial charge in [-0.15, -0.1) is 0 Å². The van der Waals surface area contributed by atoms with E-state index in [9.17, 15) is 4.79 Å². The number of fused-ring (bicyclic) bond motifs is 1. The summed E-state index contributed by atoms with van der Waals surface area (Å²) in [5.41, 5.74) is 1.34. The molecule has 3 aliphatic rings. The quantitative estimate of drug-likeness (QED) is 0.903. The van der Waals surface area contributed by atoms with Crippen LogP contribution in [0.2, 0.25) is 0 Å². The van der Waals surface area contributed by atoms with Crippen molar-refractivity contribution in [2.75, 3.05) is 26.4 Å². The average molecular weight is 316 g/mol. The van der Waals surface area contributed by atoms with Crippen LogP contribution in [0.3, 0.4) is 0 Å². The van der Waals surface area contributed by atoms with Crippen LogP contribution in [-0.4, -0.2) is 43.3 Å². The van der Waals surface area contributed by atoms with Gasteiger partial charge in [0.05, 0.1) is 6.54 Å². The second-order valence-corrected chi connectivity index (χ2v) is 7.09. The average Bonchev–Trinajstić information content (AvgIpc) is 3.01. The predicted molar refractivity (Wildman–Crippen MR) is 86.8 cm³/mol. The van der Waals surface area contributed by atoms with Gasteiger partial charge in [-0.05, 0) is 56.8 Å². The molecular weight excluding hydrogens is 292 g/mol. The lowest BCUT2D eigenvalue weighted by molar-refractivity contribution is -0.122. The largest absolute Gasteiger partial charge is 0.454 e. The molecule has 1 aliphatic carbocycles. The lowest BCUT2D eigenvalue weighted by Gasteiger charge is -2.22. The second-order valence-electron chi connectivity index (χ2n) is 7.09. The highest BCUT2D eigenvalue weighted by molar-refractivity contribution is 5.78. The third kappa shape index (κ3) is 2.90. The highest BCUT2D eigenvalue weighted by atomic mass is 16.7. The lowest BCUT2D eigenvalue weighted by atomic mass is 9.95. The van der Waals surface area contributed by atoms with Crippen molar-refractivity contribution in [3.63, 3.8) is 0 Å². The summed E-state index contributed by atoms with van der Waals surface area (Å²) >= 11 is 0. The Bertz CT molecular complexity index is 612. The van der Waals surface area contributed by atoms with Gasteiger partial charge < -0.3 is 14.8 Å². The van der Waals surface area contributed by atoms with Crippen LogP contribution in [0.5, 0.6) is 11.5 Å². The van der Waals surface area contributed by atoms with Gasteiger partial charge in [0.15, 0.2) is 11.5 Å². The topological polar surface area (TPSA) is 50.8 Å². The SMILES string of the molecule is C[C@@H]1CCCN1CC(=O)NCC1(c2ccc3c(c2)OCO3)CC1. The molecule has 1 aromatic rings. The predicted octanol–water partition coefficient (Wildman–Crippen LogP) is 2.05. The van der Waals surface area contributed by atoms with Crippen molar-refractivity contribution in [2.45, 2.75) is 44.1 Å². The van der Waals surface area contributed by atoms with E-state index in [2.05, 4.69) is 29.3 Å². The Balaban J connectivity index is 1.36. The molecule has 0 aromatic heterocycles. The molecule has 124 valence electrons. The number of amides is 1. The van der Waals surface area contributed by atoms with Crippen LogP contribution in [0.4, 0.5) is 0 Å². The molecule has 1 N–H and O–H groups in total. The molecule has 1 amide bonds. The number of likely N-dealkylation sites (tertiary alicyclic amines) is 1. The van der Waals surface area contributed by atoms with Crippen molar-refractivity contribution in [3.05, 3.63) is 23.8 Å². The number of carbonyl (C=O) groups excluding carboxylic acids is 1. The van der Waals surface area contributed by atoms with E-state index < -0.39 is 0 Å². The number of benzene rings is 1. The Morgan fingerprint density at radius 2 is 2.17 bits per heavy atom. The molecule has 1 aromatic carbocycles. The second kappa shape index (κ2) is 5.71. The summed E-state index contributed by atoms with van der Waals surface area (Å²) in [7, 11) is 0. The molecule has 1 atom stereocenters. The smallest absolute Gasteiger partial charge is 0.234 e. The van der Waals surface area contributed by atoms with Crippen LogP contribution in [0.25, 0.3) is 0 Å². The minimum atomic E-state index is 0.0905. The van der Waals surface area contributed by atoms with E-state index in [4.69, 9.17) is 9.47 Å². The van der Waals surface area contributed by atoms with E-state index in [-0.39, 0.29) is 11.3 Å². The number of hydrogen-bond acceptors (Lipinski definition) is 4. The van der Waals surface area contributed by atoms with Crippen molar-refractivity contribution in [2.24, 2.45) is 0 Å². The van der Waals surface area contributed by atoms with Crippen molar-refractivity contribution >= 4 is 5.91 Å². The highest BCUT2D eigenvalue weighted by Crippen LogP contribution is 2.49. The first-order valence-corrected chi connectivity index (χ1v) is 8.57. The molecule has 2 aliphatic heterocycles. The van der Waals surface area contributed by atoms with Gasteiger partial charge in [0.1, 0.15) is 0 Å². The zero-order valence-electron chi connectivity index (χ0n) is 13.6. The number of carbonyl (C=O) groups is 1. The Labute approximate surface area is 136 Å². The molecule has 1 saturated heterocycles. The fraction of sp³-hybridized carbons (Fsp3) is 0.611. The monoisotopic (exact) mass is 316 g/mol. The maximum absolute atomic E-state index is 12.2. The van der Waals surface area contributed by atoms with Gasteiger partial charge in [0.25, 0.3) is 0 Å².